The number of nitrogens with zero attached hydrogens (tertiary/aromatic N) is 1. The van der Waals surface area contributed by atoms with E-state index in [1.807, 2.05) is 0 Å². The minimum atomic E-state index is -0.0915. The number of anilines is 3. The molecule has 0 saturated heterocycles. The molecule has 0 radical (unpaired) electrons. The molecule has 0 atom stereocenters. The van der Waals surface area contributed by atoms with E-state index in [-0.39, 0.29) is 10.8 Å². The summed E-state index contributed by atoms with van der Waals surface area (Å²) in [4.78, 5) is 2.51. The lowest BCUT2D eigenvalue weighted by Crippen LogP contribution is -2.26. The quantitative estimate of drug-likeness (QED) is 0.188. The van der Waals surface area contributed by atoms with Crippen molar-refractivity contribution in [3.8, 4) is 33.4 Å². The highest BCUT2D eigenvalue weighted by Crippen LogP contribution is 2.57. The number of hydrogen-bond acceptors (Lipinski definition) is 1. The van der Waals surface area contributed by atoms with Crippen LogP contribution in [0.1, 0.15) is 47.2 Å². The lowest BCUT2D eigenvalue weighted by molar-refractivity contribution is 0.563. The zero-order chi connectivity index (χ0) is 32.7. The van der Waals surface area contributed by atoms with Crippen molar-refractivity contribution in [3.63, 3.8) is 0 Å². The number of hydrogen-bond donors (Lipinski definition) is 0. The summed E-state index contributed by atoms with van der Waals surface area (Å²) in [6, 6.07) is 61.3. The molecule has 3 aliphatic rings. The van der Waals surface area contributed by atoms with Crippen LogP contribution >= 0.6 is 0 Å². The van der Waals surface area contributed by atoms with Gasteiger partial charge in [-0.3, -0.25) is 0 Å². The molecule has 0 fully saturated rings. The smallest absolute Gasteiger partial charge is 0.0540 e. The molecule has 234 valence electrons. The molecule has 49 heavy (non-hydrogen) atoms. The van der Waals surface area contributed by atoms with E-state index in [9.17, 15) is 0 Å². The van der Waals surface area contributed by atoms with Crippen LogP contribution in [0.15, 0.2) is 164 Å². The van der Waals surface area contributed by atoms with Gasteiger partial charge < -0.3 is 4.90 Å². The Bertz CT molecular complexity index is 2410. The Hall–Kier alpha value is -5.66. The molecule has 1 heteroatoms. The van der Waals surface area contributed by atoms with Crippen LogP contribution < -0.4 is 4.90 Å². The largest absolute Gasteiger partial charge is 0.310 e. The lowest BCUT2D eigenvalue weighted by atomic mass is 9.75. The van der Waals surface area contributed by atoms with Gasteiger partial charge >= 0.3 is 0 Å². The first-order valence-electron chi connectivity index (χ1n) is 17.5. The molecule has 0 bridgehead atoms. The summed E-state index contributed by atoms with van der Waals surface area (Å²) in [5.74, 6) is 0. The number of benzene rings is 7. The summed E-state index contributed by atoms with van der Waals surface area (Å²) in [6.07, 6.45) is 2.06. The summed E-state index contributed by atoms with van der Waals surface area (Å²) in [5.41, 5.74) is 19.9. The van der Waals surface area contributed by atoms with Crippen LogP contribution in [0.2, 0.25) is 0 Å². The molecule has 1 nitrogen and oxygen atoms in total. The molecule has 0 heterocycles. The number of para-hydroxylation sites is 1. The van der Waals surface area contributed by atoms with Gasteiger partial charge in [0.15, 0.2) is 0 Å². The zero-order valence-corrected chi connectivity index (χ0v) is 27.9. The van der Waals surface area contributed by atoms with E-state index < -0.39 is 0 Å². The maximum absolute atomic E-state index is 2.52. The van der Waals surface area contributed by atoms with Crippen LogP contribution in [0.4, 0.5) is 17.1 Å². The van der Waals surface area contributed by atoms with E-state index in [4.69, 9.17) is 0 Å². The second-order valence-electron chi connectivity index (χ2n) is 14.6. The Morgan fingerprint density at radius 3 is 1.59 bits per heavy atom. The molecule has 7 aromatic rings. The highest BCUT2D eigenvalue weighted by atomic mass is 15.1. The molecule has 1 spiro atoms. The first kappa shape index (κ1) is 28.4. The minimum Gasteiger partial charge on any atom is -0.310 e. The first-order chi connectivity index (χ1) is 24.0. The predicted molar refractivity (Wildman–Crippen MR) is 204 cm³/mol. The molecule has 7 aromatic carbocycles. The van der Waals surface area contributed by atoms with Crippen molar-refractivity contribution in [3.05, 3.63) is 197 Å². The van der Waals surface area contributed by atoms with Gasteiger partial charge in [0.25, 0.3) is 0 Å². The van der Waals surface area contributed by atoms with Gasteiger partial charge in [-0.05, 0) is 104 Å². The monoisotopic (exact) mass is 627 g/mol. The van der Waals surface area contributed by atoms with Crippen LogP contribution in [0, 0.1) is 0 Å². The summed E-state index contributed by atoms with van der Waals surface area (Å²) < 4.78 is 0. The average Bonchev–Trinajstić information content (AvgIpc) is 3.75. The summed E-state index contributed by atoms with van der Waals surface area (Å²) in [6.45, 7) is 4.75. The first-order valence-corrected chi connectivity index (χ1v) is 17.5. The van der Waals surface area contributed by atoms with Crippen molar-refractivity contribution in [2.45, 2.75) is 37.5 Å². The van der Waals surface area contributed by atoms with Crippen LogP contribution in [-0.4, -0.2) is 0 Å². The van der Waals surface area contributed by atoms with E-state index in [1.54, 1.807) is 0 Å². The van der Waals surface area contributed by atoms with Gasteiger partial charge in [-0.15, -0.1) is 0 Å². The topological polar surface area (TPSA) is 3.24 Å². The fourth-order valence-corrected chi connectivity index (χ4v) is 9.37. The number of rotatable bonds is 4. The van der Waals surface area contributed by atoms with Crippen molar-refractivity contribution < 1.29 is 0 Å². The summed E-state index contributed by atoms with van der Waals surface area (Å²) in [7, 11) is 0. The Kier molecular flexibility index (Phi) is 6.03. The van der Waals surface area contributed by atoms with Gasteiger partial charge in [0.05, 0.1) is 5.69 Å². The van der Waals surface area contributed by atoms with Crippen LogP contribution in [0.25, 0.3) is 33.4 Å². The molecule has 0 N–H and O–H groups in total. The highest BCUT2D eigenvalue weighted by molar-refractivity contribution is 5.92. The van der Waals surface area contributed by atoms with Gasteiger partial charge in [0, 0.05) is 27.8 Å². The van der Waals surface area contributed by atoms with Crippen molar-refractivity contribution in [2.24, 2.45) is 0 Å². The second kappa shape index (κ2) is 10.4. The Morgan fingerprint density at radius 1 is 0.408 bits per heavy atom. The van der Waals surface area contributed by atoms with Crippen molar-refractivity contribution in [1.29, 1.82) is 0 Å². The van der Waals surface area contributed by atoms with Crippen molar-refractivity contribution in [2.75, 3.05) is 4.90 Å². The summed E-state index contributed by atoms with van der Waals surface area (Å²) >= 11 is 0. The SMILES string of the molecule is CC1(C)c2ccccc2-c2ccc(N(c3ccc4c(c3)C3(Cc5ccccc5C3)c3ccccc3-4)c3ccccc3-c3ccccc3)cc21. The molecule has 0 amide bonds. The third-order valence-electron chi connectivity index (χ3n) is 11.7. The highest BCUT2D eigenvalue weighted by Gasteiger charge is 2.47. The Labute approximate surface area is 289 Å². The average molecular weight is 628 g/mol. The summed E-state index contributed by atoms with van der Waals surface area (Å²) in [5, 5.41) is 0. The molecule has 0 unspecified atom stereocenters. The molecule has 0 saturated carbocycles. The number of fused-ring (bicyclic) bond motifs is 9. The zero-order valence-electron chi connectivity index (χ0n) is 27.9. The molecule has 0 aliphatic heterocycles. The van der Waals surface area contributed by atoms with Crippen LogP contribution in [-0.2, 0) is 23.7 Å². The van der Waals surface area contributed by atoms with Crippen molar-refractivity contribution >= 4 is 17.1 Å². The fraction of sp³-hybridized carbons (Fsp3) is 0.125. The van der Waals surface area contributed by atoms with E-state index in [2.05, 4.69) is 183 Å². The van der Waals surface area contributed by atoms with E-state index in [1.165, 1.54) is 83.8 Å². The van der Waals surface area contributed by atoms with Gasteiger partial charge in [0.2, 0.25) is 0 Å². The minimum absolute atomic E-state index is 0.0716. The maximum Gasteiger partial charge on any atom is 0.0540 e. The molecule has 0 aromatic heterocycles. The Morgan fingerprint density at radius 2 is 0.898 bits per heavy atom. The van der Waals surface area contributed by atoms with Gasteiger partial charge in [-0.2, -0.15) is 0 Å². The third-order valence-corrected chi connectivity index (χ3v) is 11.7. The third kappa shape index (κ3) is 4.06. The molecular weight excluding hydrogens is 591 g/mol. The standard InChI is InChI=1S/C48H37N/c1-47(2)42-21-11-8-19-38(42)40-26-24-35(28-44(40)47)49(46-23-13-10-18-37(46)32-14-4-3-5-15-32)36-25-27-41-39-20-9-12-22-43(39)48(45(41)29-36)30-33-16-6-7-17-34(33)31-48/h3-29H,30-31H2,1-2H3. The van der Waals surface area contributed by atoms with E-state index >= 15 is 0 Å². The normalized spacial score (nSPS) is 15.3. The van der Waals surface area contributed by atoms with E-state index in [0.29, 0.717) is 0 Å². The maximum atomic E-state index is 2.52. The predicted octanol–water partition coefficient (Wildman–Crippen LogP) is 12.2. The van der Waals surface area contributed by atoms with Gasteiger partial charge in [0.1, 0.15) is 0 Å². The van der Waals surface area contributed by atoms with Gasteiger partial charge in [-0.1, -0.05) is 147 Å². The van der Waals surface area contributed by atoms with Crippen molar-refractivity contribution in [1.82, 2.24) is 0 Å². The lowest BCUT2D eigenvalue weighted by Gasteiger charge is -2.32. The van der Waals surface area contributed by atoms with Crippen LogP contribution in [0.5, 0.6) is 0 Å². The van der Waals surface area contributed by atoms with Crippen LogP contribution in [0.3, 0.4) is 0 Å². The second-order valence-corrected chi connectivity index (χ2v) is 14.6. The molecule has 10 rings (SSSR count). The van der Waals surface area contributed by atoms with Gasteiger partial charge in [-0.25, -0.2) is 0 Å². The van der Waals surface area contributed by atoms with E-state index in [0.717, 1.165) is 12.8 Å². The molecular formula is C48H37N. The Balaban J connectivity index is 1.21. The fourth-order valence-electron chi connectivity index (χ4n) is 9.37. The molecule has 3 aliphatic carbocycles.